The summed E-state index contributed by atoms with van der Waals surface area (Å²) >= 11 is 0. The van der Waals surface area contributed by atoms with Gasteiger partial charge in [0.2, 0.25) is 10.0 Å². The van der Waals surface area contributed by atoms with Crippen LogP contribution in [0, 0.1) is 6.92 Å². The second kappa shape index (κ2) is 9.17. The number of amides is 1. The number of nitrogens with zero attached hydrogens (tertiary/aromatic N) is 3. The number of furan rings is 1. The molecule has 1 aliphatic rings. The van der Waals surface area contributed by atoms with E-state index in [0.29, 0.717) is 43.1 Å². The zero-order valence-corrected chi connectivity index (χ0v) is 18.9. The molecule has 1 aliphatic heterocycles. The smallest absolute Gasteiger partial charge is 0.287 e. The van der Waals surface area contributed by atoms with Crippen LogP contribution in [0.5, 0.6) is 5.75 Å². The molecule has 0 spiro atoms. The average Bonchev–Trinajstić information content (AvgIpc) is 3.15. The van der Waals surface area contributed by atoms with Gasteiger partial charge in [0.15, 0.2) is 5.76 Å². The van der Waals surface area contributed by atoms with Crippen LogP contribution in [0.2, 0.25) is 0 Å². The number of sulfonamides is 1. The summed E-state index contributed by atoms with van der Waals surface area (Å²) in [6, 6.07) is 11.0. The fourth-order valence-corrected chi connectivity index (χ4v) is 5.12. The van der Waals surface area contributed by atoms with E-state index < -0.39 is 15.9 Å². The van der Waals surface area contributed by atoms with E-state index in [1.54, 1.807) is 38.4 Å². The Morgan fingerprint density at radius 3 is 2.66 bits per heavy atom. The van der Waals surface area contributed by atoms with Crippen molar-refractivity contribution in [3.8, 4) is 5.75 Å². The van der Waals surface area contributed by atoms with Crippen molar-refractivity contribution in [3.05, 3.63) is 53.9 Å². The van der Waals surface area contributed by atoms with Crippen LogP contribution < -0.4 is 15.0 Å². The Kier molecular flexibility index (Phi) is 6.33. The Morgan fingerprint density at radius 1 is 1.19 bits per heavy atom. The van der Waals surface area contributed by atoms with E-state index in [0.717, 1.165) is 11.2 Å². The van der Waals surface area contributed by atoms with Crippen molar-refractivity contribution in [3.63, 3.8) is 0 Å². The van der Waals surface area contributed by atoms with E-state index in [-0.39, 0.29) is 18.1 Å². The molecule has 3 heterocycles. The first-order chi connectivity index (χ1) is 15.4. The first-order valence-corrected chi connectivity index (χ1v) is 12.0. The molecule has 1 N–H and O–H groups in total. The lowest BCUT2D eigenvalue weighted by Gasteiger charge is -2.34. The van der Waals surface area contributed by atoms with Gasteiger partial charge < -0.3 is 19.4 Å². The molecule has 0 aliphatic carbocycles. The van der Waals surface area contributed by atoms with Crippen LogP contribution in [0.3, 0.4) is 0 Å². The number of piperazine rings is 1. The number of rotatable bonds is 7. The van der Waals surface area contributed by atoms with Crippen molar-refractivity contribution in [2.24, 2.45) is 0 Å². The van der Waals surface area contributed by atoms with Gasteiger partial charge in [-0.3, -0.25) is 4.79 Å². The molecule has 3 aromatic rings. The fourth-order valence-electron chi connectivity index (χ4n) is 3.78. The highest BCUT2D eigenvalue weighted by atomic mass is 32.2. The van der Waals surface area contributed by atoms with Crippen molar-refractivity contribution < 1.29 is 22.4 Å². The maximum Gasteiger partial charge on any atom is 0.287 e. The number of methoxy groups -OCH3 is 1. The van der Waals surface area contributed by atoms with Gasteiger partial charge in [0.25, 0.3) is 5.91 Å². The number of aryl methyl sites for hydroxylation is 1. The Bertz CT molecular complexity index is 1200. The number of carbonyl (C=O) groups excluding carboxylic acids is 1. The molecule has 1 aromatic carbocycles. The molecule has 9 nitrogen and oxygen atoms in total. The van der Waals surface area contributed by atoms with Crippen LogP contribution in [0.15, 0.2) is 47.0 Å². The van der Waals surface area contributed by atoms with Gasteiger partial charge in [-0.25, -0.2) is 13.4 Å². The average molecular weight is 459 g/mol. The highest BCUT2D eigenvalue weighted by molar-refractivity contribution is 7.89. The minimum atomic E-state index is -3.49. The summed E-state index contributed by atoms with van der Waals surface area (Å²) in [4.78, 5) is 19.0. The van der Waals surface area contributed by atoms with Gasteiger partial charge in [0.05, 0.1) is 12.9 Å². The number of benzene rings is 1. The minimum Gasteiger partial charge on any atom is -0.497 e. The first-order valence-electron chi connectivity index (χ1n) is 10.4. The number of fused-ring (bicyclic) bond motifs is 1. The lowest BCUT2D eigenvalue weighted by Crippen LogP contribution is -2.50. The summed E-state index contributed by atoms with van der Waals surface area (Å²) in [5.74, 6) is 1.08. The summed E-state index contributed by atoms with van der Waals surface area (Å²) in [5.41, 5.74) is 1.26. The molecular formula is C22H26N4O5S. The molecule has 1 fully saturated rings. The summed E-state index contributed by atoms with van der Waals surface area (Å²) in [6.07, 6.45) is 1.72. The molecule has 1 saturated heterocycles. The van der Waals surface area contributed by atoms with Gasteiger partial charge in [-0.05, 0) is 37.3 Å². The number of carbonyl (C=O) groups is 1. The Balaban J connectivity index is 1.32. The van der Waals surface area contributed by atoms with Crippen molar-refractivity contribution >= 4 is 32.7 Å². The third-order valence-electron chi connectivity index (χ3n) is 5.60. The summed E-state index contributed by atoms with van der Waals surface area (Å²) < 4.78 is 37.8. The van der Waals surface area contributed by atoms with Crippen molar-refractivity contribution in [2.45, 2.75) is 6.92 Å². The van der Waals surface area contributed by atoms with Gasteiger partial charge in [0, 0.05) is 49.9 Å². The maximum atomic E-state index is 12.7. The molecule has 0 atom stereocenters. The zero-order valence-electron chi connectivity index (χ0n) is 18.1. The third-order valence-corrected chi connectivity index (χ3v) is 7.47. The molecule has 1 amide bonds. The predicted octanol–water partition coefficient (Wildman–Crippen LogP) is 2.03. The molecular weight excluding hydrogens is 432 g/mol. The molecule has 2 aromatic heterocycles. The number of ether oxygens (including phenoxy) is 1. The number of pyridine rings is 1. The van der Waals surface area contributed by atoms with Gasteiger partial charge in [0.1, 0.15) is 17.2 Å². The Hall–Kier alpha value is -3.11. The molecule has 0 unspecified atom stereocenters. The summed E-state index contributed by atoms with van der Waals surface area (Å²) in [6.45, 7) is 3.71. The van der Waals surface area contributed by atoms with E-state index in [2.05, 4.69) is 15.2 Å². The number of aromatic nitrogens is 1. The molecule has 0 bridgehead atoms. The topological polar surface area (TPSA) is 105 Å². The van der Waals surface area contributed by atoms with Crippen LogP contribution in [0.25, 0.3) is 11.0 Å². The number of hydrogen-bond donors (Lipinski definition) is 1. The quantitative estimate of drug-likeness (QED) is 0.578. The Morgan fingerprint density at radius 2 is 1.97 bits per heavy atom. The van der Waals surface area contributed by atoms with Crippen LogP contribution >= 0.6 is 0 Å². The van der Waals surface area contributed by atoms with Crippen LogP contribution in [0.4, 0.5) is 5.82 Å². The standard InChI is InChI=1S/C22H26N4O5S/c1-16-18-15-17(30-2)6-7-19(18)31-21(16)22(27)24-9-14-32(28,29)26-12-10-25(11-13-26)20-5-3-4-8-23-20/h3-8,15H,9-14H2,1-2H3,(H,24,27). The third kappa shape index (κ3) is 4.56. The summed E-state index contributed by atoms with van der Waals surface area (Å²) in [5, 5.41) is 3.45. The monoisotopic (exact) mass is 458 g/mol. The van der Waals surface area contributed by atoms with Gasteiger partial charge >= 0.3 is 0 Å². The van der Waals surface area contributed by atoms with Gasteiger partial charge in [-0.1, -0.05) is 6.07 Å². The van der Waals surface area contributed by atoms with E-state index in [9.17, 15) is 13.2 Å². The van der Waals surface area contributed by atoms with Crippen molar-refractivity contribution in [1.82, 2.24) is 14.6 Å². The van der Waals surface area contributed by atoms with E-state index in [1.807, 2.05) is 18.2 Å². The second-order valence-corrected chi connectivity index (χ2v) is 9.65. The van der Waals surface area contributed by atoms with E-state index in [4.69, 9.17) is 9.15 Å². The lowest BCUT2D eigenvalue weighted by molar-refractivity contribution is 0.0929. The van der Waals surface area contributed by atoms with Crippen LogP contribution in [-0.2, 0) is 10.0 Å². The number of hydrogen-bond acceptors (Lipinski definition) is 7. The normalized spacial score (nSPS) is 15.1. The second-order valence-electron chi connectivity index (χ2n) is 7.56. The largest absolute Gasteiger partial charge is 0.497 e. The lowest BCUT2D eigenvalue weighted by atomic mass is 10.1. The molecule has 0 radical (unpaired) electrons. The molecule has 10 heteroatoms. The molecule has 32 heavy (non-hydrogen) atoms. The number of anilines is 1. The SMILES string of the molecule is COc1ccc2oc(C(=O)NCCS(=O)(=O)N3CCN(c4ccccn4)CC3)c(C)c2c1. The maximum absolute atomic E-state index is 12.7. The molecule has 0 saturated carbocycles. The van der Waals surface area contributed by atoms with Gasteiger partial charge in [-0.15, -0.1) is 0 Å². The first kappa shape index (κ1) is 22.1. The molecule has 170 valence electrons. The van der Waals surface area contributed by atoms with E-state index >= 15 is 0 Å². The summed E-state index contributed by atoms with van der Waals surface area (Å²) in [7, 11) is -1.91. The van der Waals surface area contributed by atoms with Gasteiger partial charge in [-0.2, -0.15) is 4.31 Å². The van der Waals surface area contributed by atoms with Crippen molar-refractivity contribution in [1.29, 1.82) is 0 Å². The zero-order chi connectivity index (χ0) is 22.7. The Labute approximate surface area is 187 Å². The number of nitrogens with one attached hydrogen (secondary N) is 1. The van der Waals surface area contributed by atoms with E-state index in [1.165, 1.54) is 4.31 Å². The highest BCUT2D eigenvalue weighted by Crippen LogP contribution is 2.28. The van der Waals surface area contributed by atoms with Crippen molar-refractivity contribution in [2.75, 3.05) is 50.5 Å². The van der Waals surface area contributed by atoms with Crippen LogP contribution in [-0.4, -0.2) is 69.2 Å². The molecule has 4 rings (SSSR count). The predicted molar refractivity (Wildman–Crippen MR) is 122 cm³/mol. The fraction of sp³-hybridized carbons (Fsp3) is 0.364. The van der Waals surface area contributed by atoms with Crippen LogP contribution in [0.1, 0.15) is 16.1 Å². The minimum absolute atomic E-state index is 0.00142. The highest BCUT2D eigenvalue weighted by Gasteiger charge is 2.27.